The van der Waals surface area contributed by atoms with Crippen LogP contribution >= 0.6 is 0 Å². The van der Waals surface area contributed by atoms with Crippen molar-refractivity contribution in [3.8, 4) is 0 Å². The summed E-state index contributed by atoms with van der Waals surface area (Å²) >= 11 is 0. The van der Waals surface area contributed by atoms with Crippen LogP contribution < -0.4 is 11.1 Å². The lowest BCUT2D eigenvalue weighted by molar-refractivity contribution is -0.116. The molecule has 4 nitrogen and oxygen atoms in total. The Morgan fingerprint density at radius 1 is 1.26 bits per heavy atom. The molecule has 0 bridgehead atoms. The van der Waals surface area contributed by atoms with Gasteiger partial charge >= 0.3 is 0 Å². The van der Waals surface area contributed by atoms with E-state index in [1.165, 1.54) is 0 Å². The zero-order valence-electron chi connectivity index (χ0n) is 10.8. The number of amides is 1. The van der Waals surface area contributed by atoms with Gasteiger partial charge in [0.15, 0.2) is 0 Å². The fourth-order valence-electron chi connectivity index (χ4n) is 2.42. The fraction of sp³-hybridized carbons (Fsp3) is 0.267. The molecule has 2 aromatic rings. The Hall–Kier alpha value is -2.07. The summed E-state index contributed by atoms with van der Waals surface area (Å²) in [4.78, 5) is 11.3. The second-order valence-corrected chi connectivity index (χ2v) is 4.93. The fourth-order valence-corrected chi connectivity index (χ4v) is 2.42. The normalized spacial score (nSPS) is 15.8. The van der Waals surface area contributed by atoms with Crippen LogP contribution in [0.25, 0.3) is 0 Å². The van der Waals surface area contributed by atoms with Crippen molar-refractivity contribution >= 4 is 11.6 Å². The van der Waals surface area contributed by atoms with E-state index in [9.17, 15) is 4.79 Å². The van der Waals surface area contributed by atoms with Gasteiger partial charge in [0.2, 0.25) is 5.91 Å². The van der Waals surface area contributed by atoms with E-state index < -0.39 is 0 Å². The van der Waals surface area contributed by atoms with Crippen LogP contribution in [0.15, 0.2) is 34.9 Å². The lowest BCUT2D eigenvalue weighted by Crippen LogP contribution is -2.20. The van der Waals surface area contributed by atoms with E-state index in [0.29, 0.717) is 6.42 Å². The van der Waals surface area contributed by atoms with Gasteiger partial charge in [-0.25, -0.2) is 0 Å². The smallest absolute Gasteiger partial charge is 0.224 e. The largest absolute Gasteiger partial charge is 0.469 e. The number of anilines is 1. The van der Waals surface area contributed by atoms with E-state index in [2.05, 4.69) is 11.4 Å². The van der Waals surface area contributed by atoms with Gasteiger partial charge in [0.25, 0.3) is 0 Å². The van der Waals surface area contributed by atoms with Crippen LogP contribution in [0, 0.1) is 6.92 Å². The van der Waals surface area contributed by atoms with Gasteiger partial charge in [-0.1, -0.05) is 12.1 Å². The Balaban J connectivity index is 1.92. The summed E-state index contributed by atoms with van der Waals surface area (Å²) < 4.78 is 5.30. The summed E-state index contributed by atoms with van der Waals surface area (Å²) in [5, 5.41) is 2.87. The molecule has 1 aromatic heterocycles. The number of carbonyl (C=O) groups excluding carboxylic acids is 1. The van der Waals surface area contributed by atoms with Crippen LogP contribution in [0.5, 0.6) is 0 Å². The van der Waals surface area contributed by atoms with Gasteiger partial charge in [-0.15, -0.1) is 0 Å². The zero-order chi connectivity index (χ0) is 13.4. The predicted octanol–water partition coefficient (Wildman–Crippen LogP) is 2.52. The number of fused-ring (bicyclic) bond motifs is 1. The number of benzene rings is 1. The highest BCUT2D eigenvalue weighted by atomic mass is 16.3. The van der Waals surface area contributed by atoms with Crippen molar-refractivity contribution < 1.29 is 9.21 Å². The summed E-state index contributed by atoms with van der Waals surface area (Å²) in [6.45, 7) is 1.90. The third-order valence-electron chi connectivity index (χ3n) is 3.49. The molecule has 4 heteroatoms. The minimum atomic E-state index is -0.194. The van der Waals surface area contributed by atoms with E-state index in [1.54, 1.807) is 6.26 Å². The first-order chi connectivity index (χ1) is 9.13. The molecule has 0 radical (unpaired) electrons. The van der Waals surface area contributed by atoms with Crippen molar-refractivity contribution in [3.05, 3.63) is 53.0 Å². The van der Waals surface area contributed by atoms with Gasteiger partial charge in [0.1, 0.15) is 5.76 Å². The van der Waals surface area contributed by atoms with E-state index in [4.69, 9.17) is 10.2 Å². The molecule has 98 valence electrons. The van der Waals surface area contributed by atoms with Crippen LogP contribution in [0.1, 0.15) is 34.9 Å². The summed E-state index contributed by atoms with van der Waals surface area (Å²) in [6, 6.07) is 7.71. The molecule has 3 N–H and O–H groups in total. The Morgan fingerprint density at radius 2 is 2.11 bits per heavy atom. The molecule has 2 heterocycles. The maximum atomic E-state index is 11.3. The molecule has 1 atom stereocenters. The van der Waals surface area contributed by atoms with Gasteiger partial charge in [-0.05, 0) is 36.6 Å². The lowest BCUT2D eigenvalue weighted by atomic mass is 9.95. The van der Waals surface area contributed by atoms with Crippen LogP contribution in [0.4, 0.5) is 5.69 Å². The number of nitrogens with one attached hydrogen (secondary N) is 1. The first-order valence-electron chi connectivity index (χ1n) is 6.37. The predicted molar refractivity (Wildman–Crippen MR) is 72.9 cm³/mol. The van der Waals surface area contributed by atoms with E-state index in [0.717, 1.165) is 34.6 Å². The first kappa shape index (κ1) is 12.0. The van der Waals surface area contributed by atoms with Crippen molar-refractivity contribution in [1.29, 1.82) is 0 Å². The molecule has 3 rings (SSSR count). The number of furan rings is 1. The zero-order valence-corrected chi connectivity index (χ0v) is 10.8. The molecule has 19 heavy (non-hydrogen) atoms. The lowest BCUT2D eigenvalue weighted by Gasteiger charge is -2.19. The Kier molecular flexibility index (Phi) is 2.87. The third kappa shape index (κ3) is 2.27. The molecular weight excluding hydrogens is 240 g/mol. The monoisotopic (exact) mass is 256 g/mol. The van der Waals surface area contributed by atoms with E-state index in [1.807, 2.05) is 25.1 Å². The first-order valence-corrected chi connectivity index (χ1v) is 6.37. The molecule has 1 aliphatic heterocycles. The summed E-state index contributed by atoms with van der Waals surface area (Å²) in [5.41, 5.74) is 10.3. The molecule has 1 unspecified atom stereocenters. The quantitative estimate of drug-likeness (QED) is 0.867. The number of aryl methyl sites for hydroxylation is 2. The van der Waals surface area contributed by atoms with Gasteiger partial charge in [-0.3, -0.25) is 4.79 Å². The van der Waals surface area contributed by atoms with E-state index in [-0.39, 0.29) is 11.9 Å². The standard InChI is InChI=1S/C15H16N2O2/c1-9-6-12(8-19-9)15(16)11-2-4-13-10(7-11)3-5-14(18)17-13/h2,4,6-8,15H,3,5,16H2,1H3,(H,17,18). The maximum absolute atomic E-state index is 11.3. The molecule has 0 fully saturated rings. The third-order valence-corrected chi connectivity index (χ3v) is 3.49. The number of hydrogen-bond acceptors (Lipinski definition) is 3. The summed E-state index contributed by atoms with van der Waals surface area (Å²) in [5.74, 6) is 0.936. The van der Waals surface area contributed by atoms with Gasteiger partial charge in [-0.2, -0.15) is 0 Å². The summed E-state index contributed by atoms with van der Waals surface area (Å²) in [7, 11) is 0. The van der Waals surface area contributed by atoms with Crippen LogP contribution in [0.2, 0.25) is 0 Å². The average Bonchev–Trinajstić information content (AvgIpc) is 2.84. The Morgan fingerprint density at radius 3 is 2.84 bits per heavy atom. The number of rotatable bonds is 2. The van der Waals surface area contributed by atoms with Gasteiger partial charge < -0.3 is 15.5 Å². The number of nitrogens with two attached hydrogens (primary N) is 1. The van der Waals surface area contributed by atoms with Crippen LogP contribution in [-0.4, -0.2) is 5.91 Å². The molecule has 1 aromatic carbocycles. The molecule has 0 aliphatic carbocycles. The SMILES string of the molecule is Cc1cc(C(N)c2ccc3c(c2)CCC(=O)N3)co1. The highest BCUT2D eigenvalue weighted by Crippen LogP contribution is 2.28. The van der Waals surface area contributed by atoms with Crippen molar-refractivity contribution in [2.24, 2.45) is 5.73 Å². The highest BCUT2D eigenvalue weighted by molar-refractivity contribution is 5.93. The molecular formula is C15H16N2O2. The second kappa shape index (κ2) is 4.55. The van der Waals surface area contributed by atoms with Crippen molar-refractivity contribution in [2.75, 3.05) is 5.32 Å². The van der Waals surface area contributed by atoms with Crippen molar-refractivity contribution in [3.63, 3.8) is 0 Å². The van der Waals surface area contributed by atoms with E-state index >= 15 is 0 Å². The van der Waals surface area contributed by atoms with Gasteiger partial charge in [0, 0.05) is 17.7 Å². The Labute approximate surface area is 111 Å². The minimum absolute atomic E-state index is 0.0787. The average molecular weight is 256 g/mol. The van der Waals surface area contributed by atoms with Gasteiger partial charge in [0.05, 0.1) is 12.3 Å². The maximum Gasteiger partial charge on any atom is 0.224 e. The molecule has 0 saturated heterocycles. The summed E-state index contributed by atoms with van der Waals surface area (Å²) in [6.07, 6.45) is 3.00. The Bertz CT molecular complexity index is 631. The number of carbonyl (C=O) groups is 1. The van der Waals surface area contributed by atoms with Crippen LogP contribution in [0.3, 0.4) is 0 Å². The minimum Gasteiger partial charge on any atom is -0.469 e. The molecule has 0 spiro atoms. The van der Waals surface area contributed by atoms with Crippen LogP contribution in [-0.2, 0) is 11.2 Å². The number of hydrogen-bond donors (Lipinski definition) is 2. The van der Waals surface area contributed by atoms with Crippen molar-refractivity contribution in [1.82, 2.24) is 0 Å². The highest BCUT2D eigenvalue weighted by Gasteiger charge is 2.17. The molecule has 1 aliphatic rings. The molecule has 1 amide bonds. The molecule has 0 saturated carbocycles. The van der Waals surface area contributed by atoms with Crippen molar-refractivity contribution in [2.45, 2.75) is 25.8 Å². The second-order valence-electron chi connectivity index (χ2n) is 4.93. The topological polar surface area (TPSA) is 68.3 Å².